The van der Waals surface area contributed by atoms with Crippen LogP contribution in [0.25, 0.3) is 0 Å². The largest absolute Gasteiger partial charge is 0.485 e. The second-order valence-corrected chi connectivity index (χ2v) is 8.67. The highest BCUT2D eigenvalue weighted by molar-refractivity contribution is 5.41. The van der Waals surface area contributed by atoms with Crippen molar-refractivity contribution >= 4 is 0 Å². The number of para-hydroxylation sites is 2. The maximum Gasteiger partial charge on any atom is 0.162 e. The minimum atomic E-state index is -0.0397. The summed E-state index contributed by atoms with van der Waals surface area (Å²) in [5.41, 5.74) is 2.57. The smallest absolute Gasteiger partial charge is 0.162 e. The molecule has 1 fully saturated rings. The van der Waals surface area contributed by atoms with Crippen LogP contribution in [0.2, 0.25) is 0 Å². The van der Waals surface area contributed by atoms with Crippen molar-refractivity contribution < 1.29 is 9.47 Å². The first-order valence-corrected chi connectivity index (χ1v) is 11.0. The molecule has 4 rings (SSSR count). The van der Waals surface area contributed by atoms with E-state index < -0.39 is 0 Å². The summed E-state index contributed by atoms with van der Waals surface area (Å²) in [5.74, 6) is 1.67. The van der Waals surface area contributed by atoms with Gasteiger partial charge >= 0.3 is 0 Å². The van der Waals surface area contributed by atoms with Crippen LogP contribution in [0.1, 0.15) is 49.3 Å². The molecule has 1 aliphatic heterocycles. The van der Waals surface area contributed by atoms with Gasteiger partial charge in [0.2, 0.25) is 0 Å². The third-order valence-electron chi connectivity index (χ3n) is 6.17. The Hall–Kier alpha value is -2.04. The molecule has 2 aromatic rings. The van der Waals surface area contributed by atoms with Crippen LogP contribution in [0.5, 0.6) is 11.5 Å². The lowest BCUT2D eigenvalue weighted by Gasteiger charge is -2.35. The van der Waals surface area contributed by atoms with E-state index in [9.17, 15) is 0 Å². The number of nitrogens with zero attached hydrogens (tertiary/aromatic N) is 2. The molecule has 0 N–H and O–H groups in total. The zero-order valence-corrected chi connectivity index (χ0v) is 17.8. The molecule has 29 heavy (non-hydrogen) atoms. The number of fused-ring (bicyclic) bond motifs is 1. The van der Waals surface area contributed by atoms with Gasteiger partial charge in [0.05, 0.1) is 0 Å². The van der Waals surface area contributed by atoms with Gasteiger partial charge in [0.15, 0.2) is 17.6 Å². The number of rotatable bonds is 7. The van der Waals surface area contributed by atoms with Crippen molar-refractivity contribution in [2.75, 3.05) is 33.8 Å². The molecule has 0 radical (unpaired) electrons. The molecular formula is C25H34N2O2. The summed E-state index contributed by atoms with van der Waals surface area (Å²) in [6.07, 6.45) is 6.81. The minimum absolute atomic E-state index is 0.0397. The molecule has 1 atom stereocenters. The predicted molar refractivity (Wildman–Crippen MR) is 118 cm³/mol. The molecule has 2 aromatic carbocycles. The van der Waals surface area contributed by atoms with E-state index in [4.69, 9.17) is 9.47 Å². The standard InChI is InChI=1S/C25H34N2O2/c1-26(2)16-17-27(22-8-4-3-5-9-22)18-20-12-14-21(15-13-20)25-19-28-23-10-6-7-11-24(23)29-25/h6-7,10-15,22,25H,3-5,8-9,16-19H2,1-2H3/t25-/m1/s1. The first-order valence-electron chi connectivity index (χ1n) is 11.0. The molecule has 1 aliphatic carbocycles. The van der Waals surface area contributed by atoms with E-state index in [2.05, 4.69) is 48.2 Å². The summed E-state index contributed by atoms with van der Waals surface area (Å²) < 4.78 is 12.0. The summed E-state index contributed by atoms with van der Waals surface area (Å²) in [6, 6.07) is 17.6. The number of ether oxygens (including phenoxy) is 2. The lowest BCUT2D eigenvalue weighted by Crippen LogP contribution is -2.40. The van der Waals surface area contributed by atoms with Crippen LogP contribution < -0.4 is 9.47 Å². The fourth-order valence-electron chi connectivity index (χ4n) is 4.42. The third-order valence-corrected chi connectivity index (χ3v) is 6.17. The van der Waals surface area contributed by atoms with E-state index in [0.717, 1.165) is 37.2 Å². The van der Waals surface area contributed by atoms with Crippen LogP contribution in [0.15, 0.2) is 48.5 Å². The predicted octanol–water partition coefficient (Wildman–Crippen LogP) is 4.90. The fraction of sp³-hybridized carbons (Fsp3) is 0.520. The quantitative estimate of drug-likeness (QED) is 0.667. The zero-order valence-electron chi connectivity index (χ0n) is 17.8. The first kappa shape index (κ1) is 20.2. The SMILES string of the molecule is CN(C)CCN(Cc1ccc([C@H]2COc3ccccc3O2)cc1)C1CCCCC1. The molecular weight excluding hydrogens is 360 g/mol. The van der Waals surface area contributed by atoms with Gasteiger partial charge in [0, 0.05) is 25.7 Å². The Balaban J connectivity index is 1.40. The maximum absolute atomic E-state index is 6.16. The van der Waals surface area contributed by atoms with Gasteiger partial charge in [-0.25, -0.2) is 0 Å². The van der Waals surface area contributed by atoms with Crippen LogP contribution in [0, 0.1) is 0 Å². The van der Waals surface area contributed by atoms with Gasteiger partial charge in [0.25, 0.3) is 0 Å². The summed E-state index contributed by atoms with van der Waals surface area (Å²) in [7, 11) is 4.33. The Labute approximate surface area is 175 Å². The summed E-state index contributed by atoms with van der Waals surface area (Å²) in [5, 5.41) is 0. The zero-order chi connectivity index (χ0) is 20.1. The monoisotopic (exact) mass is 394 g/mol. The molecule has 0 unspecified atom stereocenters. The molecule has 4 heteroatoms. The second-order valence-electron chi connectivity index (χ2n) is 8.67. The second kappa shape index (κ2) is 9.64. The average molecular weight is 395 g/mol. The molecule has 0 aromatic heterocycles. The Morgan fingerprint density at radius 2 is 1.59 bits per heavy atom. The number of hydrogen-bond acceptors (Lipinski definition) is 4. The third kappa shape index (κ3) is 5.31. The summed E-state index contributed by atoms with van der Waals surface area (Å²) in [6.45, 7) is 3.84. The van der Waals surface area contributed by atoms with Crippen molar-refractivity contribution in [1.82, 2.24) is 9.80 Å². The molecule has 0 spiro atoms. The van der Waals surface area contributed by atoms with Crippen molar-refractivity contribution in [2.45, 2.75) is 50.8 Å². The van der Waals surface area contributed by atoms with Gasteiger partial charge < -0.3 is 14.4 Å². The molecule has 0 bridgehead atoms. The Morgan fingerprint density at radius 1 is 0.862 bits per heavy atom. The van der Waals surface area contributed by atoms with Crippen molar-refractivity contribution in [3.05, 3.63) is 59.7 Å². The summed E-state index contributed by atoms with van der Waals surface area (Å²) >= 11 is 0. The van der Waals surface area contributed by atoms with Gasteiger partial charge in [0.1, 0.15) is 6.61 Å². The first-order chi connectivity index (χ1) is 14.2. The molecule has 0 amide bonds. The average Bonchev–Trinajstić information content (AvgIpc) is 2.77. The van der Waals surface area contributed by atoms with Crippen LogP contribution in [-0.4, -0.2) is 49.6 Å². The number of hydrogen-bond donors (Lipinski definition) is 0. The summed E-state index contributed by atoms with van der Waals surface area (Å²) in [4.78, 5) is 4.99. The van der Waals surface area contributed by atoms with E-state index in [1.807, 2.05) is 24.3 Å². The highest BCUT2D eigenvalue weighted by Crippen LogP contribution is 2.36. The Bertz CT molecular complexity index is 769. The Morgan fingerprint density at radius 3 is 2.31 bits per heavy atom. The molecule has 156 valence electrons. The van der Waals surface area contributed by atoms with Crippen molar-refractivity contribution in [2.24, 2.45) is 0 Å². The van der Waals surface area contributed by atoms with E-state index >= 15 is 0 Å². The molecule has 0 saturated heterocycles. The van der Waals surface area contributed by atoms with Crippen LogP contribution >= 0.6 is 0 Å². The number of benzene rings is 2. The van der Waals surface area contributed by atoms with Gasteiger partial charge in [-0.2, -0.15) is 0 Å². The molecule has 1 heterocycles. The van der Waals surface area contributed by atoms with Crippen LogP contribution in [0.4, 0.5) is 0 Å². The van der Waals surface area contributed by atoms with Crippen LogP contribution in [-0.2, 0) is 6.54 Å². The highest BCUT2D eigenvalue weighted by Gasteiger charge is 2.23. The van der Waals surface area contributed by atoms with Gasteiger partial charge in [-0.1, -0.05) is 55.7 Å². The fourth-order valence-corrected chi connectivity index (χ4v) is 4.42. The molecule has 1 saturated carbocycles. The minimum Gasteiger partial charge on any atom is -0.485 e. The topological polar surface area (TPSA) is 24.9 Å². The maximum atomic E-state index is 6.16. The van der Waals surface area contributed by atoms with E-state index in [0.29, 0.717) is 6.61 Å². The molecule has 2 aliphatic rings. The van der Waals surface area contributed by atoms with E-state index in [1.54, 1.807) is 0 Å². The van der Waals surface area contributed by atoms with Gasteiger partial charge in [-0.15, -0.1) is 0 Å². The van der Waals surface area contributed by atoms with E-state index in [1.165, 1.54) is 43.2 Å². The van der Waals surface area contributed by atoms with Crippen molar-refractivity contribution in [3.8, 4) is 11.5 Å². The lowest BCUT2D eigenvalue weighted by molar-refractivity contribution is 0.0912. The van der Waals surface area contributed by atoms with Crippen LogP contribution in [0.3, 0.4) is 0 Å². The molecule has 4 nitrogen and oxygen atoms in total. The van der Waals surface area contributed by atoms with Crippen molar-refractivity contribution in [3.63, 3.8) is 0 Å². The van der Waals surface area contributed by atoms with Gasteiger partial charge in [-0.05, 0) is 50.2 Å². The lowest BCUT2D eigenvalue weighted by atomic mass is 9.93. The van der Waals surface area contributed by atoms with Gasteiger partial charge in [-0.3, -0.25) is 4.90 Å². The van der Waals surface area contributed by atoms with E-state index in [-0.39, 0.29) is 6.10 Å². The normalized spacial score (nSPS) is 19.7. The number of likely N-dealkylation sites (N-methyl/N-ethyl adjacent to an activating group) is 1. The highest BCUT2D eigenvalue weighted by atomic mass is 16.6. The Kier molecular flexibility index (Phi) is 6.73. The van der Waals surface area contributed by atoms with Crippen molar-refractivity contribution in [1.29, 1.82) is 0 Å².